The van der Waals surface area contributed by atoms with Gasteiger partial charge < -0.3 is 19.6 Å². The summed E-state index contributed by atoms with van der Waals surface area (Å²) >= 11 is 0. The van der Waals surface area contributed by atoms with E-state index in [9.17, 15) is 9.90 Å². The highest BCUT2D eigenvalue weighted by Crippen LogP contribution is 2.26. The molecule has 0 radical (unpaired) electrons. The lowest BCUT2D eigenvalue weighted by molar-refractivity contribution is 0.0458. The smallest absolute Gasteiger partial charge is 0.408 e. The quantitative estimate of drug-likeness (QED) is 0.786. The summed E-state index contributed by atoms with van der Waals surface area (Å²) in [5, 5.41) is 12.2. The normalized spacial score (nSPS) is 14.4. The number of allylic oxidation sites excluding steroid dienone is 1. The third kappa shape index (κ3) is 5.09. The number of hydrogen-bond acceptors (Lipinski definition) is 4. The molecule has 1 rings (SSSR count). The standard InChI is InChI=1S/C15H23NO4/c1-5-7-11(10-17)13(12-8-6-9-19-12)16-14(18)20-15(2,3)4/h5-6,8-9,11,13,17H,1,7,10H2,2-4H3,(H,16,18)/t11-,13+/m1/s1. The van der Waals surface area contributed by atoms with Gasteiger partial charge >= 0.3 is 6.09 Å². The van der Waals surface area contributed by atoms with Gasteiger partial charge in [-0.1, -0.05) is 6.08 Å². The van der Waals surface area contributed by atoms with Gasteiger partial charge in [0.25, 0.3) is 0 Å². The topological polar surface area (TPSA) is 71.7 Å². The van der Waals surface area contributed by atoms with Crippen LogP contribution in [0.3, 0.4) is 0 Å². The van der Waals surface area contributed by atoms with Gasteiger partial charge in [-0.25, -0.2) is 4.79 Å². The molecule has 0 aliphatic rings. The van der Waals surface area contributed by atoms with E-state index in [1.54, 1.807) is 39.0 Å². The van der Waals surface area contributed by atoms with Crippen LogP contribution in [-0.2, 0) is 4.74 Å². The van der Waals surface area contributed by atoms with E-state index in [1.165, 1.54) is 6.26 Å². The molecule has 1 aromatic rings. The van der Waals surface area contributed by atoms with Crippen molar-refractivity contribution in [3.05, 3.63) is 36.8 Å². The molecule has 0 aliphatic heterocycles. The molecule has 20 heavy (non-hydrogen) atoms. The Morgan fingerprint density at radius 1 is 1.60 bits per heavy atom. The Morgan fingerprint density at radius 2 is 2.30 bits per heavy atom. The van der Waals surface area contributed by atoms with E-state index in [1.807, 2.05) is 0 Å². The van der Waals surface area contributed by atoms with Crippen molar-refractivity contribution in [1.82, 2.24) is 5.32 Å². The van der Waals surface area contributed by atoms with Crippen molar-refractivity contribution in [2.24, 2.45) is 5.92 Å². The molecule has 0 saturated carbocycles. The Kier molecular flexibility index (Phi) is 5.82. The summed E-state index contributed by atoms with van der Waals surface area (Å²) in [6, 6.07) is 3.04. The molecule has 0 aliphatic carbocycles. The molecule has 5 heteroatoms. The maximum atomic E-state index is 11.9. The summed E-state index contributed by atoms with van der Waals surface area (Å²) in [6.45, 7) is 8.96. The van der Waals surface area contributed by atoms with E-state index in [2.05, 4.69) is 11.9 Å². The highest BCUT2D eigenvalue weighted by molar-refractivity contribution is 5.68. The molecule has 0 saturated heterocycles. The monoisotopic (exact) mass is 281 g/mol. The van der Waals surface area contributed by atoms with Gasteiger partial charge in [0.15, 0.2) is 0 Å². The molecule has 0 fully saturated rings. The fourth-order valence-electron chi connectivity index (χ4n) is 1.85. The summed E-state index contributed by atoms with van der Waals surface area (Å²) in [4.78, 5) is 11.9. The second-order valence-corrected chi connectivity index (χ2v) is 5.61. The average molecular weight is 281 g/mol. The maximum Gasteiger partial charge on any atom is 0.408 e. The number of hydrogen-bond donors (Lipinski definition) is 2. The zero-order chi connectivity index (χ0) is 15.2. The number of aliphatic hydroxyl groups excluding tert-OH is 1. The van der Waals surface area contributed by atoms with Gasteiger partial charge in [-0.15, -0.1) is 6.58 Å². The van der Waals surface area contributed by atoms with Crippen molar-refractivity contribution in [2.45, 2.75) is 38.8 Å². The molecule has 0 spiro atoms. The zero-order valence-corrected chi connectivity index (χ0v) is 12.3. The van der Waals surface area contributed by atoms with Crippen molar-refractivity contribution in [2.75, 3.05) is 6.61 Å². The number of nitrogens with one attached hydrogen (secondary N) is 1. The Labute approximate surface area is 119 Å². The SMILES string of the molecule is C=CC[C@H](CO)[C@H](NC(=O)OC(C)(C)C)c1ccco1. The van der Waals surface area contributed by atoms with E-state index >= 15 is 0 Å². The third-order valence-electron chi connectivity index (χ3n) is 2.70. The lowest BCUT2D eigenvalue weighted by Crippen LogP contribution is -2.38. The van der Waals surface area contributed by atoms with Crippen molar-refractivity contribution in [1.29, 1.82) is 0 Å². The maximum absolute atomic E-state index is 11.9. The molecule has 0 unspecified atom stereocenters. The predicted octanol–water partition coefficient (Wildman–Crippen LogP) is 3.03. The minimum absolute atomic E-state index is 0.0901. The summed E-state index contributed by atoms with van der Waals surface area (Å²) in [6.07, 6.45) is 3.24. The third-order valence-corrected chi connectivity index (χ3v) is 2.70. The van der Waals surface area contributed by atoms with E-state index in [0.717, 1.165) is 0 Å². The van der Waals surface area contributed by atoms with Crippen LogP contribution in [0.5, 0.6) is 0 Å². The van der Waals surface area contributed by atoms with Gasteiger partial charge in [0.1, 0.15) is 11.4 Å². The van der Waals surface area contributed by atoms with E-state index in [4.69, 9.17) is 9.15 Å². The molecule has 1 heterocycles. The molecule has 0 aromatic carbocycles. The van der Waals surface area contributed by atoms with Crippen LogP contribution in [-0.4, -0.2) is 23.4 Å². The molecule has 1 aromatic heterocycles. The lowest BCUT2D eigenvalue weighted by Gasteiger charge is -2.26. The van der Waals surface area contributed by atoms with Crippen LogP contribution < -0.4 is 5.32 Å². The lowest BCUT2D eigenvalue weighted by atomic mass is 9.95. The Bertz CT molecular complexity index is 420. The van der Waals surface area contributed by atoms with Gasteiger partial charge in [0.05, 0.1) is 12.3 Å². The first-order valence-corrected chi connectivity index (χ1v) is 6.62. The zero-order valence-electron chi connectivity index (χ0n) is 12.3. The fourth-order valence-corrected chi connectivity index (χ4v) is 1.85. The molecule has 112 valence electrons. The first-order valence-electron chi connectivity index (χ1n) is 6.62. The van der Waals surface area contributed by atoms with Gasteiger partial charge in [-0.3, -0.25) is 0 Å². The molecule has 1 amide bonds. The number of furan rings is 1. The minimum atomic E-state index is -0.578. The minimum Gasteiger partial charge on any atom is -0.467 e. The van der Waals surface area contributed by atoms with Gasteiger partial charge in [0, 0.05) is 12.5 Å². The first kappa shape index (κ1) is 16.3. The molecular weight excluding hydrogens is 258 g/mol. The Morgan fingerprint density at radius 3 is 2.75 bits per heavy atom. The van der Waals surface area contributed by atoms with Gasteiger partial charge in [0.2, 0.25) is 0 Å². The van der Waals surface area contributed by atoms with Crippen LogP contribution in [0.4, 0.5) is 4.79 Å². The number of alkyl carbamates (subject to hydrolysis) is 1. The average Bonchev–Trinajstić information content (AvgIpc) is 2.84. The summed E-state index contributed by atoms with van der Waals surface area (Å²) < 4.78 is 10.6. The van der Waals surface area contributed by atoms with E-state index in [0.29, 0.717) is 12.2 Å². The number of rotatable bonds is 6. The van der Waals surface area contributed by atoms with Crippen molar-refractivity contribution < 1.29 is 19.1 Å². The largest absolute Gasteiger partial charge is 0.467 e. The number of ether oxygens (including phenoxy) is 1. The van der Waals surface area contributed by atoms with Crippen LogP contribution in [0.15, 0.2) is 35.5 Å². The van der Waals surface area contributed by atoms with Crippen molar-refractivity contribution in [3.8, 4) is 0 Å². The Hall–Kier alpha value is -1.75. The summed E-state index contributed by atoms with van der Waals surface area (Å²) in [5.74, 6) is 0.364. The van der Waals surface area contributed by atoms with Crippen molar-refractivity contribution in [3.63, 3.8) is 0 Å². The molecule has 0 bridgehead atoms. The van der Waals surface area contributed by atoms with Gasteiger partial charge in [-0.05, 0) is 39.3 Å². The number of carbonyl (C=O) groups excluding carboxylic acids is 1. The van der Waals surface area contributed by atoms with Crippen LogP contribution >= 0.6 is 0 Å². The second kappa shape index (κ2) is 7.14. The Balaban J connectivity index is 2.83. The molecule has 2 N–H and O–H groups in total. The highest BCUT2D eigenvalue weighted by Gasteiger charge is 2.28. The second-order valence-electron chi connectivity index (χ2n) is 5.61. The fraction of sp³-hybridized carbons (Fsp3) is 0.533. The first-order chi connectivity index (χ1) is 9.37. The van der Waals surface area contributed by atoms with E-state index < -0.39 is 17.7 Å². The van der Waals surface area contributed by atoms with Crippen LogP contribution in [0.1, 0.15) is 39.0 Å². The van der Waals surface area contributed by atoms with Gasteiger partial charge in [-0.2, -0.15) is 0 Å². The number of aliphatic hydroxyl groups is 1. The highest BCUT2D eigenvalue weighted by atomic mass is 16.6. The molecular formula is C15H23NO4. The van der Waals surface area contributed by atoms with Crippen LogP contribution in [0, 0.1) is 5.92 Å². The van der Waals surface area contributed by atoms with Crippen LogP contribution in [0.25, 0.3) is 0 Å². The van der Waals surface area contributed by atoms with Crippen molar-refractivity contribution >= 4 is 6.09 Å². The van der Waals surface area contributed by atoms with E-state index in [-0.39, 0.29) is 12.5 Å². The number of amides is 1. The summed E-state index contributed by atoms with van der Waals surface area (Å²) in [7, 11) is 0. The van der Waals surface area contributed by atoms with Crippen LogP contribution in [0.2, 0.25) is 0 Å². The number of carbonyl (C=O) groups is 1. The molecule has 5 nitrogen and oxygen atoms in total. The molecule has 2 atom stereocenters. The summed E-state index contributed by atoms with van der Waals surface area (Å²) in [5.41, 5.74) is -0.578. The predicted molar refractivity (Wildman–Crippen MR) is 76.2 cm³/mol.